The third-order valence-electron chi connectivity index (χ3n) is 3.27. The van der Waals surface area contributed by atoms with E-state index >= 15 is 0 Å². The van der Waals surface area contributed by atoms with E-state index in [1.54, 1.807) is 0 Å². The number of aromatic carboxylic acids is 1. The maximum Gasteiger partial charge on any atom is 0.339 e. The Labute approximate surface area is 112 Å². The molecule has 1 aliphatic rings. The van der Waals surface area contributed by atoms with Crippen LogP contribution in [0.5, 0.6) is 0 Å². The molecule has 1 atom stereocenters. The molecule has 2 heterocycles. The highest BCUT2D eigenvalue weighted by atomic mass is 16.5. The van der Waals surface area contributed by atoms with E-state index in [0.29, 0.717) is 18.2 Å². The fraction of sp³-hybridized carbons (Fsp3) is 0.615. The summed E-state index contributed by atoms with van der Waals surface area (Å²) in [6, 6.07) is 0. The smallest absolute Gasteiger partial charge is 0.339 e. The maximum absolute atomic E-state index is 11.1. The quantitative estimate of drug-likeness (QED) is 0.857. The molecular weight excluding hydrogens is 246 g/mol. The first-order valence-corrected chi connectivity index (χ1v) is 6.45. The van der Waals surface area contributed by atoms with Crippen LogP contribution in [0, 0.1) is 5.92 Å². The third-order valence-corrected chi connectivity index (χ3v) is 3.27. The number of carboxylic acid groups (broad SMARTS) is 1. The first kappa shape index (κ1) is 13.9. The second kappa shape index (κ2) is 6.58. The average molecular weight is 265 g/mol. The van der Waals surface area contributed by atoms with E-state index in [-0.39, 0.29) is 5.56 Å². The maximum atomic E-state index is 11.1. The van der Waals surface area contributed by atoms with Gasteiger partial charge in [-0.3, -0.25) is 0 Å². The summed E-state index contributed by atoms with van der Waals surface area (Å²) >= 11 is 0. The molecule has 0 saturated carbocycles. The summed E-state index contributed by atoms with van der Waals surface area (Å²) in [5, 5.41) is 9.08. The van der Waals surface area contributed by atoms with Crippen LogP contribution in [0.4, 0.5) is 0 Å². The first-order chi connectivity index (χ1) is 9.16. The van der Waals surface area contributed by atoms with E-state index in [1.165, 1.54) is 18.9 Å². The van der Waals surface area contributed by atoms with Crippen LogP contribution < -0.4 is 0 Å². The van der Waals surface area contributed by atoms with Crippen LogP contribution in [0.25, 0.3) is 0 Å². The molecule has 6 heteroatoms. The van der Waals surface area contributed by atoms with Crippen LogP contribution in [0.3, 0.4) is 0 Å². The molecule has 1 fully saturated rings. The Morgan fingerprint density at radius 2 is 2.47 bits per heavy atom. The van der Waals surface area contributed by atoms with Gasteiger partial charge in [-0.15, -0.1) is 0 Å². The normalized spacial score (nSPS) is 19.6. The van der Waals surface area contributed by atoms with Gasteiger partial charge in [-0.2, -0.15) is 0 Å². The number of aromatic nitrogens is 2. The van der Waals surface area contributed by atoms with Gasteiger partial charge in [0.2, 0.25) is 0 Å². The van der Waals surface area contributed by atoms with Gasteiger partial charge in [-0.05, 0) is 25.8 Å². The van der Waals surface area contributed by atoms with Gasteiger partial charge in [0, 0.05) is 25.9 Å². The molecule has 19 heavy (non-hydrogen) atoms. The van der Waals surface area contributed by atoms with Crippen LogP contribution in [0.15, 0.2) is 12.5 Å². The van der Waals surface area contributed by atoms with E-state index in [1.807, 2.05) is 7.05 Å². The second-order valence-electron chi connectivity index (χ2n) is 4.97. The molecule has 0 spiro atoms. The Morgan fingerprint density at radius 3 is 3.16 bits per heavy atom. The highest BCUT2D eigenvalue weighted by Gasteiger charge is 2.18. The van der Waals surface area contributed by atoms with Crippen molar-refractivity contribution in [2.45, 2.75) is 19.4 Å². The monoisotopic (exact) mass is 265 g/mol. The molecule has 0 aromatic carbocycles. The molecule has 6 nitrogen and oxygen atoms in total. The van der Waals surface area contributed by atoms with Gasteiger partial charge in [-0.25, -0.2) is 14.8 Å². The fourth-order valence-electron chi connectivity index (χ4n) is 2.37. The topological polar surface area (TPSA) is 75.6 Å². The Bertz CT molecular complexity index is 433. The largest absolute Gasteiger partial charge is 0.478 e. The van der Waals surface area contributed by atoms with Crippen molar-refractivity contribution in [3.63, 3.8) is 0 Å². The fourth-order valence-corrected chi connectivity index (χ4v) is 2.37. The van der Waals surface area contributed by atoms with Gasteiger partial charge < -0.3 is 14.7 Å². The zero-order valence-electron chi connectivity index (χ0n) is 11.1. The molecule has 1 aromatic heterocycles. The summed E-state index contributed by atoms with van der Waals surface area (Å²) in [7, 11) is 1.97. The van der Waals surface area contributed by atoms with E-state index in [9.17, 15) is 4.79 Å². The van der Waals surface area contributed by atoms with E-state index < -0.39 is 5.97 Å². The minimum absolute atomic E-state index is 0.175. The molecular formula is C13H19N3O3. The van der Waals surface area contributed by atoms with Crippen molar-refractivity contribution < 1.29 is 14.6 Å². The van der Waals surface area contributed by atoms with Crippen LogP contribution in [0.1, 0.15) is 28.9 Å². The zero-order valence-corrected chi connectivity index (χ0v) is 11.1. The van der Waals surface area contributed by atoms with Crippen molar-refractivity contribution in [2.75, 3.05) is 26.8 Å². The average Bonchev–Trinajstić information content (AvgIpc) is 2.40. The number of carbonyl (C=O) groups is 1. The highest BCUT2D eigenvalue weighted by molar-refractivity contribution is 5.88. The molecule has 104 valence electrons. The standard InChI is InChI=1S/C13H19N3O3/c1-16(6-10-3-2-4-19-8-10)7-12-11(13(17)18)5-14-9-15-12/h5,9-10H,2-4,6-8H2,1H3,(H,17,18). The zero-order chi connectivity index (χ0) is 13.7. The van der Waals surface area contributed by atoms with Crippen molar-refractivity contribution in [3.05, 3.63) is 23.8 Å². The Hall–Kier alpha value is -1.53. The summed E-state index contributed by atoms with van der Waals surface area (Å²) in [6.07, 6.45) is 5.01. The molecule has 1 aliphatic heterocycles. The first-order valence-electron chi connectivity index (χ1n) is 6.45. The molecule has 1 N–H and O–H groups in total. The predicted octanol–water partition coefficient (Wildman–Crippen LogP) is 1.03. The second-order valence-corrected chi connectivity index (χ2v) is 4.97. The Kier molecular flexibility index (Phi) is 4.81. The SMILES string of the molecule is CN(Cc1ncncc1C(=O)O)CC1CCCOC1. The lowest BCUT2D eigenvalue weighted by Gasteiger charge is -2.27. The summed E-state index contributed by atoms with van der Waals surface area (Å²) in [6.45, 7) is 3.05. The lowest BCUT2D eigenvalue weighted by molar-refractivity contribution is 0.0409. The van der Waals surface area contributed by atoms with Gasteiger partial charge in [0.1, 0.15) is 11.9 Å². The summed E-state index contributed by atoms with van der Waals surface area (Å²) in [5.41, 5.74) is 0.732. The lowest BCUT2D eigenvalue weighted by atomic mass is 10.0. The van der Waals surface area contributed by atoms with Crippen LogP contribution in [-0.4, -0.2) is 52.7 Å². The van der Waals surface area contributed by atoms with Gasteiger partial charge in [0.25, 0.3) is 0 Å². The summed E-state index contributed by atoms with van der Waals surface area (Å²) in [5.74, 6) is -0.459. The molecule has 0 radical (unpaired) electrons. The number of carboxylic acids is 1. The van der Waals surface area contributed by atoms with Crippen molar-refractivity contribution in [1.82, 2.24) is 14.9 Å². The number of rotatable bonds is 5. The van der Waals surface area contributed by atoms with E-state index in [2.05, 4.69) is 14.9 Å². The van der Waals surface area contributed by atoms with Crippen LogP contribution in [0.2, 0.25) is 0 Å². The van der Waals surface area contributed by atoms with E-state index in [4.69, 9.17) is 9.84 Å². The van der Waals surface area contributed by atoms with Crippen molar-refractivity contribution in [3.8, 4) is 0 Å². The van der Waals surface area contributed by atoms with Gasteiger partial charge in [0.05, 0.1) is 12.3 Å². The number of nitrogens with zero attached hydrogens (tertiary/aromatic N) is 3. The molecule has 1 saturated heterocycles. The summed E-state index contributed by atoms with van der Waals surface area (Å²) < 4.78 is 5.45. The molecule has 0 amide bonds. The lowest BCUT2D eigenvalue weighted by Crippen LogP contribution is -2.31. The highest BCUT2D eigenvalue weighted by Crippen LogP contribution is 2.15. The summed E-state index contributed by atoms with van der Waals surface area (Å²) in [4.78, 5) is 21.0. The van der Waals surface area contributed by atoms with Gasteiger partial charge in [0.15, 0.2) is 0 Å². The van der Waals surface area contributed by atoms with Crippen LogP contribution >= 0.6 is 0 Å². The van der Waals surface area contributed by atoms with E-state index in [0.717, 1.165) is 26.2 Å². The third kappa shape index (κ3) is 3.97. The molecule has 1 unspecified atom stereocenters. The van der Waals surface area contributed by atoms with Crippen molar-refractivity contribution >= 4 is 5.97 Å². The molecule has 0 bridgehead atoms. The Balaban J connectivity index is 1.94. The van der Waals surface area contributed by atoms with Crippen LogP contribution in [-0.2, 0) is 11.3 Å². The number of hydrogen-bond acceptors (Lipinski definition) is 5. The van der Waals surface area contributed by atoms with Crippen molar-refractivity contribution in [2.24, 2.45) is 5.92 Å². The molecule has 2 rings (SSSR count). The molecule has 0 aliphatic carbocycles. The minimum Gasteiger partial charge on any atom is -0.478 e. The number of hydrogen-bond donors (Lipinski definition) is 1. The predicted molar refractivity (Wildman–Crippen MR) is 68.9 cm³/mol. The molecule has 1 aromatic rings. The minimum atomic E-state index is -0.981. The van der Waals surface area contributed by atoms with Gasteiger partial charge >= 0.3 is 5.97 Å². The van der Waals surface area contributed by atoms with Crippen molar-refractivity contribution in [1.29, 1.82) is 0 Å². The number of ether oxygens (including phenoxy) is 1. The Morgan fingerprint density at radius 1 is 1.63 bits per heavy atom. The van der Waals surface area contributed by atoms with Gasteiger partial charge in [-0.1, -0.05) is 0 Å².